The van der Waals surface area contributed by atoms with Gasteiger partial charge in [0.2, 0.25) is 5.91 Å². The van der Waals surface area contributed by atoms with Crippen LogP contribution in [0.1, 0.15) is 25.3 Å². The van der Waals surface area contributed by atoms with Crippen LogP contribution in [0.5, 0.6) is 11.5 Å². The molecule has 1 saturated heterocycles. The predicted molar refractivity (Wildman–Crippen MR) is 90.2 cm³/mol. The van der Waals surface area contributed by atoms with Crippen molar-refractivity contribution < 1.29 is 19.1 Å². The molecule has 0 aliphatic carbocycles. The Kier molecular flexibility index (Phi) is 5.22. The molecule has 6 heteroatoms. The van der Waals surface area contributed by atoms with Gasteiger partial charge in [-0.1, -0.05) is 12.1 Å². The Hall–Kier alpha value is -2.55. The molecule has 6 nitrogen and oxygen atoms in total. The first kappa shape index (κ1) is 17.3. The Morgan fingerprint density at radius 3 is 2.84 bits per heavy atom. The molecular weight excluding hydrogens is 320 g/mol. The van der Waals surface area contributed by atoms with E-state index in [1.54, 1.807) is 4.90 Å². The topological polar surface area (TPSA) is 79.6 Å². The number of carbonyl (C=O) groups excluding carboxylic acids is 2. The van der Waals surface area contributed by atoms with Crippen molar-refractivity contribution in [3.8, 4) is 17.6 Å². The fraction of sp³-hybridized carbons (Fsp3) is 0.526. The van der Waals surface area contributed by atoms with Crippen LogP contribution in [-0.4, -0.2) is 42.9 Å². The highest BCUT2D eigenvalue weighted by molar-refractivity contribution is 6.05. The zero-order valence-corrected chi connectivity index (χ0v) is 14.4. The first-order chi connectivity index (χ1) is 12.2. The van der Waals surface area contributed by atoms with Crippen LogP contribution in [0.4, 0.5) is 0 Å². The largest absolute Gasteiger partial charge is 0.490 e. The third-order valence-corrected chi connectivity index (χ3v) is 4.74. The van der Waals surface area contributed by atoms with Gasteiger partial charge in [-0.3, -0.25) is 9.59 Å². The minimum atomic E-state index is -1.23. The van der Waals surface area contributed by atoms with Crippen molar-refractivity contribution in [2.45, 2.75) is 26.2 Å². The number of ketones is 1. The summed E-state index contributed by atoms with van der Waals surface area (Å²) in [5.41, 5.74) is 0.876. The molecule has 2 aliphatic heterocycles. The van der Waals surface area contributed by atoms with Crippen LogP contribution in [-0.2, 0) is 16.0 Å². The average Bonchev–Trinajstić information content (AvgIpc) is 3.17. The van der Waals surface area contributed by atoms with Crippen molar-refractivity contribution >= 4 is 11.7 Å². The first-order valence-electron chi connectivity index (χ1n) is 8.75. The van der Waals surface area contributed by atoms with Crippen LogP contribution in [0.3, 0.4) is 0 Å². The number of para-hydroxylation sites is 1. The zero-order chi connectivity index (χ0) is 17.8. The molecule has 25 heavy (non-hydrogen) atoms. The number of fused-ring (bicyclic) bond motifs is 1. The quantitative estimate of drug-likeness (QED) is 0.764. The summed E-state index contributed by atoms with van der Waals surface area (Å²) in [5, 5.41) is 9.39. The van der Waals surface area contributed by atoms with Crippen LogP contribution in [0.25, 0.3) is 0 Å². The predicted octanol–water partition coefficient (Wildman–Crippen LogP) is 1.97. The van der Waals surface area contributed by atoms with E-state index in [0.717, 1.165) is 18.4 Å². The zero-order valence-electron chi connectivity index (χ0n) is 14.4. The molecular formula is C19H22N2O4. The minimum absolute atomic E-state index is 0.168. The highest BCUT2D eigenvalue weighted by Crippen LogP contribution is 2.37. The molecule has 1 fully saturated rings. The summed E-state index contributed by atoms with van der Waals surface area (Å²) in [6.07, 6.45) is 2.32. The Labute approximate surface area is 147 Å². The Morgan fingerprint density at radius 2 is 2.16 bits per heavy atom. The summed E-state index contributed by atoms with van der Waals surface area (Å²) >= 11 is 0. The summed E-state index contributed by atoms with van der Waals surface area (Å²) in [5.74, 6) is -1.10. The molecule has 0 radical (unpaired) electrons. The lowest BCUT2D eigenvalue weighted by Gasteiger charge is -2.27. The number of rotatable bonds is 5. The van der Waals surface area contributed by atoms with Gasteiger partial charge in [0.15, 0.2) is 23.2 Å². The van der Waals surface area contributed by atoms with Crippen molar-refractivity contribution in [1.82, 2.24) is 4.90 Å². The number of carbonyl (C=O) groups is 2. The minimum Gasteiger partial charge on any atom is -0.490 e. The molecule has 0 spiro atoms. The van der Waals surface area contributed by atoms with Gasteiger partial charge in [0.05, 0.1) is 25.2 Å². The molecule has 0 unspecified atom stereocenters. The van der Waals surface area contributed by atoms with E-state index in [-0.39, 0.29) is 18.3 Å². The van der Waals surface area contributed by atoms with Gasteiger partial charge in [-0.05, 0) is 37.8 Å². The van der Waals surface area contributed by atoms with E-state index in [1.165, 1.54) is 0 Å². The maximum atomic E-state index is 12.8. The number of hydrogen-bond donors (Lipinski definition) is 0. The third-order valence-electron chi connectivity index (χ3n) is 4.74. The standard InChI is InChI=1S/C19H22N2O4/c1-2-24-16-7-5-6-13-10-14(12-25-18(13)16)17(22)15(11-20)19(23)21-8-3-4-9-21/h5-7,14-15H,2-4,8-10,12H2,1H3/t14-,15-/m1/s1. The van der Waals surface area contributed by atoms with Gasteiger partial charge < -0.3 is 14.4 Å². The van der Waals surface area contributed by atoms with Crippen molar-refractivity contribution in [2.75, 3.05) is 26.3 Å². The molecule has 0 bridgehead atoms. The molecule has 0 saturated carbocycles. The van der Waals surface area contributed by atoms with Crippen LogP contribution < -0.4 is 9.47 Å². The van der Waals surface area contributed by atoms with E-state index in [4.69, 9.17) is 9.47 Å². The highest BCUT2D eigenvalue weighted by atomic mass is 16.5. The van der Waals surface area contributed by atoms with Crippen molar-refractivity contribution in [1.29, 1.82) is 5.26 Å². The van der Waals surface area contributed by atoms with E-state index in [0.29, 0.717) is 37.6 Å². The number of benzene rings is 1. The van der Waals surface area contributed by atoms with Gasteiger partial charge in [-0.2, -0.15) is 5.26 Å². The normalized spacial score (nSPS) is 20.2. The van der Waals surface area contributed by atoms with E-state index < -0.39 is 11.8 Å². The fourth-order valence-corrected chi connectivity index (χ4v) is 3.44. The number of nitrogens with zero attached hydrogens (tertiary/aromatic N) is 2. The second-order valence-electron chi connectivity index (χ2n) is 6.39. The van der Waals surface area contributed by atoms with Gasteiger partial charge in [0, 0.05) is 13.1 Å². The molecule has 132 valence electrons. The van der Waals surface area contributed by atoms with Gasteiger partial charge in [-0.25, -0.2) is 0 Å². The molecule has 1 aromatic carbocycles. The van der Waals surface area contributed by atoms with Crippen LogP contribution >= 0.6 is 0 Å². The number of amides is 1. The number of likely N-dealkylation sites (tertiary alicyclic amines) is 1. The highest BCUT2D eigenvalue weighted by Gasteiger charge is 2.38. The first-order valence-corrected chi connectivity index (χ1v) is 8.75. The number of nitriles is 1. The lowest BCUT2D eigenvalue weighted by molar-refractivity contribution is -0.140. The summed E-state index contributed by atoms with van der Waals surface area (Å²) in [7, 11) is 0. The fourth-order valence-electron chi connectivity index (χ4n) is 3.44. The smallest absolute Gasteiger partial charge is 0.247 e. The molecule has 1 aromatic rings. The average molecular weight is 342 g/mol. The lowest BCUT2D eigenvalue weighted by atomic mass is 9.86. The van der Waals surface area contributed by atoms with Crippen LogP contribution in [0.15, 0.2) is 18.2 Å². The van der Waals surface area contributed by atoms with E-state index in [9.17, 15) is 14.9 Å². The summed E-state index contributed by atoms with van der Waals surface area (Å²) in [4.78, 5) is 26.9. The van der Waals surface area contributed by atoms with E-state index >= 15 is 0 Å². The molecule has 0 N–H and O–H groups in total. The molecule has 0 aromatic heterocycles. The Morgan fingerprint density at radius 1 is 1.40 bits per heavy atom. The van der Waals surface area contributed by atoms with Gasteiger partial charge in [0.25, 0.3) is 0 Å². The number of ether oxygens (including phenoxy) is 2. The van der Waals surface area contributed by atoms with Gasteiger partial charge in [-0.15, -0.1) is 0 Å². The second-order valence-corrected chi connectivity index (χ2v) is 6.39. The second kappa shape index (κ2) is 7.56. The van der Waals surface area contributed by atoms with E-state index in [1.807, 2.05) is 31.2 Å². The molecule has 1 amide bonds. The summed E-state index contributed by atoms with van der Waals surface area (Å²) in [6, 6.07) is 7.49. The van der Waals surface area contributed by atoms with Crippen LogP contribution in [0, 0.1) is 23.2 Å². The third kappa shape index (κ3) is 3.46. The SMILES string of the molecule is CCOc1cccc2c1OC[C@H](C(=O)[C@@H](C#N)C(=O)N1CCCC1)C2. The Bertz CT molecular complexity index is 704. The molecule has 2 heterocycles. The van der Waals surface area contributed by atoms with Crippen molar-refractivity contribution in [2.24, 2.45) is 11.8 Å². The van der Waals surface area contributed by atoms with Crippen LogP contribution in [0.2, 0.25) is 0 Å². The maximum absolute atomic E-state index is 12.8. The Balaban J connectivity index is 1.74. The summed E-state index contributed by atoms with van der Waals surface area (Å²) < 4.78 is 11.3. The van der Waals surface area contributed by atoms with Gasteiger partial charge >= 0.3 is 0 Å². The lowest BCUT2D eigenvalue weighted by Crippen LogP contribution is -2.41. The summed E-state index contributed by atoms with van der Waals surface area (Å²) in [6.45, 7) is 3.86. The number of hydrogen-bond acceptors (Lipinski definition) is 5. The molecule has 2 atom stereocenters. The van der Waals surface area contributed by atoms with E-state index in [2.05, 4.69) is 0 Å². The van der Waals surface area contributed by atoms with Gasteiger partial charge in [0.1, 0.15) is 0 Å². The maximum Gasteiger partial charge on any atom is 0.247 e. The van der Waals surface area contributed by atoms with Crippen molar-refractivity contribution in [3.05, 3.63) is 23.8 Å². The molecule has 3 rings (SSSR count). The monoisotopic (exact) mass is 342 g/mol. The number of Topliss-reactive ketones (excluding diaryl/α,β-unsaturated/α-hetero) is 1. The van der Waals surface area contributed by atoms with Crippen molar-refractivity contribution in [3.63, 3.8) is 0 Å². The molecule has 2 aliphatic rings.